The number of rotatable bonds is 4. The van der Waals surface area contributed by atoms with Crippen molar-refractivity contribution in [1.29, 1.82) is 0 Å². The lowest BCUT2D eigenvalue weighted by molar-refractivity contribution is 0.723. The Morgan fingerprint density at radius 1 is 1.64 bits per heavy atom. The first kappa shape index (κ1) is 8.68. The maximum absolute atomic E-state index is 5.54. The predicted octanol–water partition coefficient (Wildman–Crippen LogP) is 1.31. The molecule has 0 saturated heterocycles. The molecule has 0 spiro atoms. The van der Waals surface area contributed by atoms with Crippen LogP contribution in [0.5, 0.6) is 0 Å². The summed E-state index contributed by atoms with van der Waals surface area (Å²) in [5, 5.41) is 0. The Labute approximate surface area is 71.8 Å². The molecule has 0 aliphatic rings. The summed E-state index contributed by atoms with van der Waals surface area (Å²) in [4.78, 5) is 0. The van der Waals surface area contributed by atoms with E-state index < -0.39 is 0 Å². The average molecular weight is 170 g/mol. The second kappa shape index (κ2) is 4.46. The lowest BCUT2D eigenvalue weighted by Gasteiger charge is -2.05. The molecular formula is C8H14N2S. The SMILES string of the molecule is CSCCn1cccc1CN. The number of nitrogens with two attached hydrogens (primary N) is 1. The van der Waals surface area contributed by atoms with Gasteiger partial charge in [-0.25, -0.2) is 0 Å². The minimum absolute atomic E-state index is 0.640. The van der Waals surface area contributed by atoms with Crippen LogP contribution in [-0.4, -0.2) is 16.6 Å². The summed E-state index contributed by atoms with van der Waals surface area (Å²) in [6, 6.07) is 4.11. The van der Waals surface area contributed by atoms with E-state index in [1.54, 1.807) is 0 Å². The van der Waals surface area contributed by atoms with Gasteiger partial charge in [-0.1, -0.05) is 0 Å². The molecule has 11 heavy (non-hydrogen) atoms. The topological polar surface area (TPSA) is 30.9 Å². The molecule has 1 aromatic rings. The van der Waals surface area contributed by atoms with Gasteiger partial charge in [-0.3, -0.25) is 0 Å². The summed E-state index contributed by atoms with van der Waals surface area (Å²) in [5.41, 5.74) is 6.76. The van der Waals surface area contributed by atoms with Gasteiger partial charge >= 0.3 is 0 Å². The van der Waals surface area contributed by atoms with Crippen molar-refractivity contribution in [2.45, 2.75) is 13.1 Å². The van der Waals surface area contributed by atoms with Gasteiger partial charge in [0.25, 0.3) is 0 Å². The third-order valence-corrected chi connectivity index (χ3v) is 2.26. The number of aryl methyl sites for hydroxylation is 1. The van der Waals surface area contributed by atoms with Gasteiger partial charge in [0.2, 0.25) is 0 Å². The highest BCUT2D eigenvalue weighted by molar-refractivity contribution is 7.98. The fraction of sp³-hybridized carbons (Fsp3) is 0.500. The van der Waals surface area contributed by atoms with E-state index in [0.29, 0.717) is 6.54 Å². The molecule has 0 saturated carbocycles. The van der Waals surface area contributed by atoms with Crippen LogP contribution < -0.4 is 5.73 Å². The first-order valence-corrected chi connectivity index (χ1v) is 5.11. The highest BCUT2D eigenvalue weighted by Gasteiger charge is 1.95. The van der Waals surface area contributed by atoms with Crippen LogP contribution in [0.1, 0.15) is 5.69 Å². The Morgan fingerprint density at radius 2 is 2.45 bits per heavy atom. The summed E-state index contributed by atoms with van der Waals surface area (Å²) in [5.74, 6) is 1.15. The second-order valence-electron chi connectivity index (χ2n) is 2.39. The van der Waals surface area contributed by atoms with Crippen molar-refractivity contribution in [3.63, 3.8) is 0 Å². The van der Waals surface area contributed by atoms with E-state index in [0.717, 1.165) is 12.3 Å². The largest absolute Gasteiger partial charge is 0.349 e. The summed E-state index contributed by atoms with van der Waals surface area (Å²) in [6.07, 6.45) is 4.20. The maximum atomic E-state index is 5.54. The molecule has 0 aromatic carbocycles. The van der Waals surface area contributed by atoms with Gasteiger partial charge in [-0.2, -0.15) is 11.8 Å². The van der Waals surface area contributed by atoms with Crippen LogP contribution >= 0.6 is 11.8 Å². The fourth-order valence-corrected chi connectivity index (χ4v) is 1.42. The van der Waals surface area contributed by atoms with Crippen molar-refractivity contribution >= 4 is 11.8 Å². The quantitative estimate of drug-likeness (QED) is 0.738. The number of hydrogen-bond donors (Lipinski definition) is 1. The number of hydrogen-bond acceptors (Lipinski definition) is 2. The molecule has 0 fully saturated rings. The van der Waals surface area contributed by atoms with E-state index in [9.17, 15) is 0 Å². The predicted molar refractivity (Wildman–Crippen MR) is 50.7 cm³/mol. The smallest absolute Gasteiger partial charge is 0.0334 e. The lowest BCUT2D eigenvalue weighted by atomic mass is 10.4. The van der Waals surface area contributed by atoms with Crippen LogP contribution in [0.2, 0.25) is 0 Å². The monoisotopic (exact) mass is 170 g/mol. The third-order valence-electron chi connectivity index (χ3n) is 1.67. The van der Waals surface area contributed by atoms with Crippen LogP contribution in [0.3, 0.4) is 0 Å². The Hall–Kier alpha value is -0.410. The Bertz CT molecular complexity index is 208. The average Bonchev–Trinajstić information content (AvgIpc) is 2.47. The number of thioether (sulfide) groups is 1. The van der Waals surface area contributed by atoms with E-state index in [4.69, 9.17) is 5.73 Å². The molecule has 0 bridgehead atoms. The Kier molecular flexibility index (Phi) is 3.52. The number of nitrogens with zero attached hydrogens (tertiary/aromatic N) is 1. The van der Waals surface area contributed by atoms with Gasteiger partial charge in [0.05, 0.1) is 0 Å². The van der Waals surface area contributed by atoms with Crippen molar-refractivity contribution in [3.05, 3.63) is 24.0 Å². The first-order valence-electron chi connectivity index (χ1n) is 3.71. The van der Waals surface area contributed by atoms with E-state index in [1.165, 1.54) is 5.69 Å². The highest BCUT2D eigenvalue weighted by atomic mass is 32.2. The summed E-state index contributed by atoms with van der Waals surface area (Å²) >= 11 is 1.86. The van der Waals surface area contributed by atoms with E-state index in [-0.39, 0.29) is 0 Å². The third kappa shape index (κ3) is 2.27. The second-order valence-corrected chi connectivity index (χ2v) is 3.38. The van der Waals surface area contributed by atoms with Crippen LogP contribution in [0, 0.1) is 0 Å². The molecule has 62 valence electrons. The summed E-state index contributed by atoms with van der Waals surface area (Å²) in [6.45, 7) is 1.71. The van der Waals surface area contributed by atoms with E-state index in [2.05, 4.69) is 23.1 Å². The molecule has 0 unspecified atom stereocenters. The van der Waals surface area contributed by atoms with E-state index >= 15 is 0 Å². The lowest BCUT2D eigenvalue weighted by Crippen LogP contribution is -2.07. The molecule has 0 aliphatic heterocycles. The van der Waals surface area contributed by atoms with Gasteiger partial charge in [-0.05, 0) is 18.4 Å². The molecular weight excluding hydrogens is 156 g/mol. The molecule has 1 aromatic heterocycles. The summed E-state index contributed by atoms with van der Waals surface area (Å²) < 4.78 is 2.20. The Morgan fingerprint density at radius 3 is 3.09 bits per heavy atom. The zero-order valence-corrected chi connectivity index (χ0v) is 7.60. The standard InChI is InChI=1S/C8H14N2S/c1-11-6-5-10-4-2-3-8(10)7-9/h2-4H,5-7,9H2,1H3. The molecule has 3 heteroatoms. The van der Waals surface area contributed by atoms with Crippen LogP contribution in [0.25, 0.3) is 0 Å². The van der Waals surface area contributed by atoms with Gasteiger partial charge in [0.15, 0.2) is 0 Å². The zero-order valence-electron chi connectivity index (χ0n) is 6.79. The molecule has 0 amide bonds. The molecule has 0 atom stereocenters. The van der Waals surface area contributed by atoms with Crippen LogP contribution in [0.15, 0.2) is 18.3 Å². The van der Waals surface area contributed by atoms with Crippen molar-refractivity contribution in [2.75, 3.05) is 12.0 Å². The van der Waals surface area contributed by atoms with Gasteiger partial charge in [0, 0.05) is 30.7 Å². The highest BCUT2D eigenvalue weighted by Crippen LogP contribution is 2.03. The van der Waals surface area contributed by atoms with Gasteiger partial charge in [-0.15, -0.1) is 0 Å². The molecule has 2 N–H and O–H groups in total. The van der Waals surface area contributed by atoms with Gasteiger partial charge in [0.1, 0.15) is 0 Å². The number of aromatic nitrogens is 1. The molecule has 2 nitrogen and oxygen atoms in total. The first-order chi connectivity index (χ1) is 5.38. The van der Waals surface area contributed by atoms with Crippen molar-refractivity contribution < 1.29 is 0 Å². The normalized spacial score (nSPS) is 10.4. The molecule has 1 rings (SSSR count). The van der Waals surface area contributed by atoms with Crippen LogP contribution in [-0.2, 0) is 13.1 Å². The van der Waals surface area contributed by atoms with Gasteiger partial charge < -0.3 is 10.3 Å². The maximum Gasteiger partial charge on any atom is 0.0334 e. The minimum atomic E-state index is 0.640. The van der Waals surface area contributed by atoms with Crippen molar-refractivity contribution in [3.8, 4) is 0 Å². The minimum Gasteiger partial charge on any atom is -0.349 e. The zero-order chi connectivity index (χ0) is 8.10. The summed E-state index contributed by atoms with van der Waals surface area (Å²) in [7, 11) is 0. The fourth-order valence-electron chi connectivity index (χ4n) is 1.04. The Balaban J connectivity index is 2.54. The molecule has 0 aliphatic carbocycles. The molecule has 0 radical (unpaired) electrons. The van der Waals surface area contributed by atoms with Crippen molar-refractivity contribution in [1.82, 2.24) is 4.57 Å². The van der Waals surface area contributed by atoms with E-state index in [1.807, 2.05) is 17.8 Å². The molecule has 1 heterocycles. The van der Waals surface area contributed by atoms with Crippen LogP contribution in [0.4, 0.5) is 0 Å². The van der Waals surface area contributed by atoms with Crippen molar-refractivity contribution in [2.24, 2.45) is 5.73 Å².